The highest BCUT2D eigenvalue weighted by Crippen LogP contribution is 2.31. The average Bonchev–Trinajstić information content (AvgIpc) is 3.92. The normalized spacial score (nSPS) is 25.3. The van der Waals surface area contributed by atoms with Crippen LogP contribution in [0, 0.1) is 0 Å². The second-order valence-corrected chi connectivity index (χ2v) is 14.1. The molecule has 4 fully saturated rings. The maximum absolute atomic E-state index is 14.1. The van der Waals surface area contributed by atoms with Gasteiger partial charge >= 0.3 is 0 Å². The largest absolute Gasteiger partial charge is 0.391 e. The third-order valence-corrected chi connectivity index (χ3v) is 10.7. The van der Waals surface area contributed by atoms with Crippen LogP contribution in [0.3, 0.4) is 0 Å². The molecule has 0 aromatic heterocycles. The van der Waals surface area contributed by atoms with Crippen molar-refractivity contribution in [2.24, 2.45) is 0 Å². The van der Waals surface area contributed by atoms with Crippen molar-refractivity contribution in [2.45, 2.75) is 114 Å². The van der Waals surface area contributed by atoms with Crippen molar-refractivity contribution in [3.63, 3.8) is 0 Å². The van der Waals surface area contributed by atoms with E-state index < -0.39 is 48.3 Å². The van der Waals surface area contributed by atoms with E-state index in [1.54, 1.807) is 29.2 Å². The fourth-order valence-corrected chi connectivity index (χ4v) is 8.01. The van der Waals surface area contributed by atoms with Crippen LogP contribution >= 0.6 is 11.6 Å². The van der Waals surface area contributed by atoms with Gasteiger partial charge in [-0.1, -0.05) is 29.8 Å². The molecule has 0 saturated carbocycles. The van der Waals surface area contributed by atoms with Gasteiger partial charge in [-0.2, -0.15) is 0 Å². The zero-order valence-electron chi connectivity index (χ0n) is 28.6. The molecule has 7 atom stereocenters. The number of aliphatic hydroxyl groups excluding tert-OH is 1. The van der Waals surface area contributed by atoms with Gasteiger partial charge in [0.25, 0.3) is 0 Å². The van der Waals surface area contributed by atoms with Crippen LogP contribution in [0.4, 0.5) is 0 Å². The summed E-state index contributed by atoms with van der Waals surface area (Å²) < 4.78 is 0. The molecule has 3 N–H and O–H groups in total. The van der Waals surface area contributed by atoms with Crippen LogP contribution in [-0.4, -0.2) is 135 Å². The first-order valence-electron chi connectivity index (χ1n) is 17.6. The summed E-state index contributed by atoms with van der Waals surface area (Å²) in [5.41, 5.74) is 0.689. The summed E-state index contributed by atoms with van der Waals surface area (Å²) in [6, 6.07) is 1.84. The van der Waals surface area contributed by atoms with Crippen molar-refractivity contribution in [1.29, 1.82) is 0 Å². The van der Waals surface area contributed by atoms with Crippen molar-refractivity contribution in [1.82, 2.24) is 30.2 Å². The van der Waals surface area contributed by atoms with E-state index >= 15 is 0 Å². The lowest BCUT2D eigenvalue weighted by Crippen LogP contribution is -2.58. The maximum atomic E-state index is 14.1. The molecule has 0 spiro atoms. The van der Waals surface area contributed by atoms with E-state index in [2.05, 4.69) is 10.6 Å². The molecule has 14 nitrogen and oxygen atoms in total. The van der Waals surface area contributed by atoms with Crippen LogP contribution in [0.15, 0.2) is 24.3 Å². The molecule has 15 heteroatoms. The first kappa shape index (κ1) is 37.2. The van der Waals surface area contributed by atoms with Gasteiger partial charge in [-0.15, -0.1) is 0 Å². The molecule has 4 saturated heterocycles. The van der Waals surface area contributed by atoms with E-state index in [1.807, 2.05) is 0 Å². The minimum atomic E-state index is -1.10. The molecule has 4 heterocycles. The van der Waals surface area contributed by atoms with E-state index in [9.17, 15) is 38.7 Å². The molecule has 0 bridgehead atoms. The third-order valence-electron chi connectivity index (χ3n) is 10.3. The van der Waals surface area contributed by atoms with E-state index in [0.29, 0.717) is 94.4 Å². The number of nitrogens with one attached hydrogen (secondary N) is 2. The maximum Gasteiger partial charge on any atom is 0.246 e. The molecule has 0 aliphatic carbocycles. The Kier molecular flexibility index (Phi) is 12.2. The summed E-state index contributed by atoms with van der Waals surface area (Å²) in [4.78, 5) is 98.6. The van der Waals surface area contributed by atoms with Gasteiger partial charge in [0.05, 0.1) is 6.10 Å². The number of nitrogens with zero attached hydrogens (tertiary/aromatic N) is 4. The summed E-state index contributed by atoms with van der Waals surface area (Å²) in [5, 5.41) is 15.5. The van der Waals surface area contributed by atoms with Gasteiger partial charge in [0.2, 0.25) is 35.4 Å². The topological polar surface area (TPSA) is 177 Å². The van der Waals surface area contributed by atoms with Crippen molar-refractivity contribution >= 4 is 53.3 Å². The molecular weight excluding hydrogens is 668 g/mol. The van der Waals surface area contributed by atoms with Crippen LogP contribution in [0.1, 0.15) is 70.8 Å². The minimum Gasteiger partial charge on any atom is -0.391 e. The van der Waals surface area contributed by atoms with E-state index in [4.69, 9.17) is 11.6 Å². The Hall–Kier alpha value is -4.04. The fourth-order valence-electron chi connectivity index (χ4n) is 7.80. The molecule has 6 amide bonds. The van der Waals surface area contributed by atoms with Crippen LogP contribution in [0.5, 0.6) is 0 Å². The summed E-state index contributed by atoms with van der Waals surface area (Å²) in [6.07, 6.45) is 3.52. The standard InChI is InChI=1S/C35H47ClN6O8/c1-21(44)26(20-43)38-31(46)27-11-5-15-39(27)33(48)29-13-7-17-41(29)35(50)30-14-8-18-42(30)34(49)28-12-6-16-40(28)32(47)25(37-22(2)45)19-23-9-3-4-10-24(23)36/h3-4,9-10,20-21,25-30,44H,5-8,11-19H2,1-2H3,(H,37,45)(H,38,46)/t21-,25+,26-,27+,28+,29+,30+/m1/s1. The number of amides is 6. The SMILES string of the molecule is CC(=O)N[C@@H](Cc1ccccc1Cl)C(=O)N1CCC[C@H]1C(=O)N1CCC[C@H]1C(=O)N1CCC[C@H]1C(=O)N1CCC[C@H]1C(=O)N[C@H](C=O)[C@@H](C)O. The molecule has 1 aromatic rings. The first-order chi connectivity index (χ1) is 23.9. The van der Waals surface area contributed by atoms with Gasteiger partial charge in [0, 0.05) is 44.5 Å². The predicted molar refractivity (Wildman–Crippen MR) is 181 cm³/mol. The third kappa shape index (κ3) is 7.96. The number of carbonyl (C=O) groups is 7. The number of rotatable bonds is 11. The second kappa shape index (κ2) is 16.3. The Morgan fingerprint density at radius 3 is 1.72 bits per heavy atom. The molecule has 272 valence electrons. The number of carbonyl (C=O) groups excluding carboxylic acids is 7. The number of benzene rings is 1. The predicted octanol–water partition coefficient (Wildman–Crippen LogP) is 0.416. The van der Waals surface area contributed by atoms with E-state index in [0.717, 1.165) is 0 Å². The lowest BCUT2D eigenvalue weighted by Gasteiger charge is -2.36. The van der Waals surface area contributed by atoms with Gasteiger partial charge in [0.1, 0.15) is 42.5 Å². The molecule has 4 aliphatic heterocycles. The second-order valence-electron chi connectivity index (χ2n) is 13.7. The number of aliphatic hydroxyl groups is 1. The van der Waals surface area contributed by atoms with E-state index in [-0.39, 0.29) is 36.0 Å². The van der Waals surface area contributed by atoms with Crippen molar-refractivity contribution < 1.29 is 38.7 Å². The molecule has 0 unspecified atom stereocenters. The highest BCUT2D eigenvalue weighted by Gasteiger charge is 2.48. The van der Waals surface area contributed by atoms with Crippen molar-refractivity contribution in [2.75, 3.05) is 26.2 Å². The lowest BCUT2D eigenvalue weighted by atomic mass is 10.0. The van der Waals surface area contributed by atoms with Gasteiger partial charge in [-0.3, -0.25) is 28.8 Å². The van der Waals surface area contributed by atoms with Crippen LogP contribution in [-0.2, 0) is 40.0 Å². The van der Waals surface area contributed by atoms with Gasteiger partial charge < -0.3 is 40.1 Å². The molecule has 5 rings (SSSR count). The first-order valence-corrected chi connectivity index (χ1v) is 18.0. The molecule has 0 radical (unpaired) electrons. The summed E-state index contributed by atoms with van der Waals surface area (Å²) in [5.74, 6) is -2.30. The lowest BCUT2D eigenvalue weighted by molar-refractivity contribution is -0.153. The number of hydrogen-bond donors (Lipinski definition) is 3. The highest BCUT2D eigenvalue weighted by atomic mass is 35.5. The quantitative estimate of drug-likeness (QED) is 0.276. The zero-order valence-corrected chi connectivity index (χ0v) is 29.3. The van der Waals surface area contributed by atoms with Gasteiger partial charge in [0.15, 0.2) is 0 Å². The molecular formula is C35H47ClN6O8. The van der Waals surface area contributed by atoms with Gasteiger partial charge in [-0.25, -0.2) is 0 Å². The van der Waals surface area contributed by atoms with Crippen LogP contribution in [0.25, 0.3) is 0 Å². The number of aldehydes is 1. The smallest absolute Gasteiger partial charge is 0.246 e. The zero-order chi connectivity index (χ0) is 36.1. The monoisotopic (exact) mass is 714 g/mol. The summed E-state index contributed by atoms with van der Waals surface area (Å²) in [7, 11) is 0. The Bertz CT molecular complexity index is 1490. The van der Waals surface area contributed by atoms with Crippen LogP contribution in [0.2, 0.25) is 5.02 Å². The Morgan fingerprint density at radius 2 is 1.24 bits per heavy atom. The van der Waals surface area contributed by atoms with Crippen LogP contribution < -0.4 is 10.6 Å². The summed E-state index contributed by atoms with van der Waals surface area (Å²) >= 11 is 6.36. The Morgan fingerprint density at radius 1 is 0.780 bits per heavy atom. The van der Waals surface area contributed by atoms with Gasteiger partial charge in [-0.05, 0) is 69.9 Å². The molecule has 1 aromatic carbocycles. The number of hydrogen-bond acceptors (Lipinski definition) is 8. The van der Waals surface area contributed by atoms with Crippen molar-refractivity contribution in [3.05, 3.63) is 34.9 Å². The summed E-state index contributed by atoms with van der Waals surface area (Å²) in [6.45, 7) is 4.05. The number of likely N-dealkylation sites (tertiary alicyclic amines) is 4. The Labute approximate surface area is 296 Å². The fraction of sp³-hybridized carbons (Fsp3) is 0.629. The molecule has 4 aliphatic rings. The minimum absolute atomic E-state index is 0.155. The number of halogens is 1. The average molecular weight is 715 g/mol. The van der Waals surface area contributed by atoms with E-state index in [1.165, 1.54) is 28.5 Å². The van der Waals surface area contributed by atoms with Crippen molar-refractivity contribution in [3.8, 4) is 0 Å². The Balaban J connectivity index is 1.27. The molecule has 50 heavy (non-hydrogen) atoms. The highest BCUT2D eigenvalue weighted by molar-refractivity contribution is 6.31.